The first-order valence-electron chi connectivity index (χ1n) is 10.5. The smallest absolute Gasteiger partial charge is 0.294 e. The summed E-state index contributed by atoms with van der Waals surface area (Å²) < 4.78 is 17.6. The monoisotopic (exact) mass is 477 g/mol. The summed E-state index contributed by atoms with van der Waals surface area (Å²) in [6.07, 6.45) is 1.30. The third-order valence-corrected chi connectivity index (χ3v) is 5.20. The molecule has 2 aromatic heterocycles. The lowest BCUT2D eigenvalue weighted by Gasteiger charge is -2.12. The molecule has 0 unspecified atom stereocenters. The van der Waals surface area contributed by atoms with Crippen LogP contribution in [0, 0.1) is 13.8 Å². The molecule has 35 heavy (non-hydrogen) atoms. The first-order chi connectivity index (χ1) is 16.9. The van der Waals surface area contributed by atoms with E-state index < -0.39 is 11.8 Å². The summed E-state index contributed by atoms with van der Waals surface area (Å²) >= 11 is 0. The number of carbonyl (C=O) groups excluding carboxylic acids is 2. The van der Waals surface area contributed by atoms with Crippen LogP contribution in [-0.4, -0.2) is 39.0 Å². The molecule has 0 radical (unpaired) electrons. The third-order valence-electron chi connectivity index (χ3n) is 5.20. The standard InChI is InChI=1S/C24H23N5O6/c1-14-18(15(2)35-28-14)13-34-20-10-9-16(11-21(20)33-3)23(31)25-26-24(32)22-19(30)12-29(27-22)17-7-5-4-6-8-17/h4-12,30H,13H2,1-3H3,(H,25,31)(H,26,32). The number of nitrogens with zero attached hydrogens (tertiary/aromatic N) is 3. The van der Waals surface area contributed by atoms with Crippen LogP contribution in [0.15, 0.2) is 59.3 Å². The largest absolute Gasteiger partial charge is 0.504 e. The van der Waals surface area contributed by atoms with Gasteiger partial charge in [-0.1, -0.05) is 23.4 Å². The Balaban J connectivity index is 1.40. The summed E-state index contributed by atoms with van der Waals surface area (Å²) in [4.78, 5) is 25.0. The Morgan fingerprint density at radius 2 is 1.80 bits per heavy atom. The molecular weight excluding hydrogens is 454 g/mol. The molecular formula is C24H23N5O6. The van der Waals surface area contributed by atoms with Crippen molar-refractivity contribution in [3.8, 4) is 22.9 Å². The lowest BCUT2D eigenvalue weighted by Crippen LogP contribution is -2.41. The average molecular weight is 477 g/mol. The Morgan fingerprint density at radius 3 is 2.49 bits per heavy atom. The highest BCUT2D eigenvalue weighted by atomic mass is 16.5. The van der Waals surface area contributed by atoms with Crippen molar-refractivity contribution in [1.29, 1.82) is 0 Å². The molecule has 180 valence electrons. The molecule has 0 aliphatic heterocycles. The molecule has 4 rings (SSSR count). The minimum Gasteiger partial charge on any atom is -0.504 e. The van der Waals surface area contributed by atoms with Gasteiger partial charge in [0.05, 0.1) is 30.3 Å². The van der Waals surface area contributed by atoms with Crippen LogP contribution in [0.25, 0.3) is 5.69 Å². The van der Waals surface area contributed by atoms with Crippen LogP contribution < -0.4 is 20.3 Å². The van der Waals surface area contributed by atoms with E-state index >= 15 is 0 Å². The van der Waals surface area contributed by atoms with E-state index in [4.69, 9.17) is 14.0 Å². The van der Waals surface area contributed by atoms with Crippen LogP contribution in [0.4, 0.5) is 0 Å². The van der Waals surface area contributed by atoms with Crippen LogP contribution in [0.5, 0.6) is 17.2 Å². The van der Waals surface area contributed by atoms with Gasteiger partial charge in [-0.25, -0.2) is 4.68 Å². The SMILES string of the molecule is COc1cc(C(=O)NNC(=O)c2nn(-c3ccccc3)cc2O)ccc1OCc1c(C)noc1C. The maximum absolute atomic E-state index is 12.6. The molecule has 2 heterocycles. The topological polar surface area (TPSA) is 141 Å². The van der Waals surface area contributed by atoms with Gasteiger partial charge in [-0.3, -0.25) is 20.4 Å². The minimum atomic E-state index is -0.781. The average Bonchev–Trinajstić information content (AvgIpc) is 3.42. The van der Waals surface area contributed by atoms with Crippen molar-refractivity contribution in [2.45, 2.75) is 20.5 Å². The fourth-order valence-corrected chi connectivity index (χ4v) is 3.27. The molecule has 0 fully saturated rings. The zero-order valence-electron chi connectivity index (χ0n) is 19.2. The molecule has 2 aromatic carbocycles. The number of aromatic hydroxyl groups is 1. The number of benzene rings is 2. The van der Waals surface area contributed by atoms with Crippen molar-refractivity contribution in [3.63, 3.8) is 0 Å². The molecule has 3 N–H and O–H groups in total. The zero-order valence-corrected chi connectivity index (χ0v) is 19.2. The number of para-hydroxylation sites is 1. The molecule has 0 spiro atoms. The molecule has 11 heteroatoms. The minimum absolute atomic E-state index is 0.214. The van der Waals surface area contributed by atoms with Gasteiger partial charge in [0.15, 0.2) is 22.9 Å². The molecule has 0 saturated heterocycles. The molecule has 2 amide bonds. The predicted molar refractivity (Wildman–Crippen MR) is 123 cm³/mol. The lowest BCUT2D eigenvalue weighted by atomic mass is 10.2. The van der Waals surface area contributed by atoms with Crippen LogP contribution >= 0.6 is 0 Å². The Hall–Kier alpha value is -4.80. The summed E-state index contributed by atoms with van der Waals surface area (Å²) in [6, 6.07) is 13.6. The molecule has 0 saturated carbocycles. The van der Waals surface area contributed by atoms with Crippen molar-refractivity contribution in [2.75, 3.05) is 7.11 Å². The normalized spacial score (nSPS) is 10.6. The summed E-state index contributed by atoms with van der Waals surface area (Å²) in [6.45, 7) is 3.84. The predicted octanol–water partition coefficient (Wildman–Crippen LogP) is 2.85. The fourth-order valence-electron chi connectivity index (χ4n) is 3.27. The number of carbonyl (C=O) groups is 2. The van der Waals surface area contributed by atoms with Crippen LogP contribution in [0.2, 0.25) is 0 Å². The van der Waals surface area contributed by atoms with Gasteiger partial charge in [0.1, 0.15) is 12.4 Å². The zero-order chi connectivity index (χ0) is 24.9. The van der Waals surface area contributed by atoms with E-state index in [2.05, 4.69) is 21.1 Å². The van der Waals surface area contributed by atoms with Crippen molar-refractivity contribution < 1.29 is 28.7 Å². The van der Waals surface area contributed by atoms with E-state index in [0.29, 0.717) is 22.9 Å². The second-order valence-corrected chi connectivity index (χ2v) is 7.51. The number of hydrazine groups is 1. The van der Waals surface area contributed by atoms with Gasteiger partial charge < -0.3 is 19.1 Å². The van der Waals surface area contributed by atoms with Crippen LogP contribution in [0.3, 0.4) is 0 Å². The van der Waals surface area contributed by atoms with Crippen LogP contribution in [-0.2, 0) is 6.61 Å². The third kappa shape index (κ3) is 5.08. The summed E-state index contributed by atoms with van der Waals surface area (Å²) in [7, 11) is 1.45. The van der Waals surface area contributed by atoms with Gasteiger partial charge in [0, 0.05) is 5.56 Å². The number of ether oxygens (including phenoxy) is 2. The first kappa shape index (κ1) is 23.4. The van der Waals surface area contributed by atoms with Crippen molar-refractivity contribution in [2.24, 2.45) is 0 Å². The highest BCUT2D eigenvalue weighted by Crippen LogP contribution is 2.29. The summed E-state index contributed by atoms with van der Waals surface area (Å²) in [5.41, 5.74) is 6.74. The number of methoxy groups -OCH3 is 1. The molecule has 11 nitrogen and oxygen atoms in total. The molecule has 0 aliphatic carbocycles. The van der Waals surface area contributed by atoms with Crippen LogP contribution in [0.1, 0.15) is 37.9 Å². The molecule has 4 aromatic rings. The maximum atomic E-state index is 12.6. The van der Waals surface area contributed by atoms with E-state index in [1.807, 2.05) is 13.0 Å². The lowest BCUT2D eigenvalue weighted by molar-refractivity contribution is 0.0842. The fraction of sp³-hybridized carbons (Fsp3) is 0.167. The van der Waals surface area contributed by atoms with Crippen molar-refractivity contribution in [3.05, 3.63) is 83.0 Å². The van der Waals surface area contributed by atoms with E-state index in [0.717, 1.165) is 11.3 Å². The molecule has 0 aliphatic rings. The van der Waals surface area contributed by atoms with Crippen molar-refractivity contribution in [1.82, 2.24) is 25.8 Å². The second kappa shape index (κ2) is 10.00. The van der Waals surface area contributed by atoms with E-state index in [-0.39, 0.29) is 23.6 Å². The number of aromatic nitrogens is 3. The van der Waals surface area contributed by atoms with Crippen molar-refractivity contribution >= 4 is 11.8 Å². The van der Waals surface area contributed by atoms with Gasteiger partial charge in [-0.2, -0.15) is 5.10 Å². The van der Waals surface area contributed by atoms with Gasteiger partial charge in [-0.05, 0) is 44.2 Å². The Bertz CT molecular complexity index is 1340. The number of amides is 2. The number of hydrogen-bond acceptors (Lipinski definition) is 8. The highest BCUT2D eigenvalue weighted by molar-refractivity contribution is 5.99. The first-order valence-corrected chi connectivity index (χ1v) is 10.5. The number of nitrogens with one attached hydrogen (secondary N) is 2. The van der Waals surface area contributed by atoms with E-state index in [1.165, 1.54) is 30.1 Å². The summed E-state index contributed by atoms with van der Waals surface area (Å²) in [5.74, 6) is -0.304. The number of aryl methyl sites for hydroxylation is 2. The number of rotatable bonds is 7. The van der Waals surface area contributed by atoms with Gasteiger partial charge >= 0.3 is 0 Å². The van der Waals surface area contributed by atoms with E-state index in [1.54, 1.807) is 37.3 Å². The number of hydrogen-bond donors (Lipinski definition) is 3. The Kier molecular flexibility index (Phi) is 6.67. The second-order valence-electron chi connectivity index (χ2n) is 7.51. The molecule has 0 atom stereocenters. The maximum Gasteiger partial charge on any atom is 0.294 e. The Labute approximate surface area is 200 Å². The Morgan fingerprint density at radius 1 is 1.06 bits per heavy atom. The quantitative estimate of drug-likeness (QED) is 0.345. The van der Waals surface area contributed by atoms with Gasteiger partial charge in [0.2, 0.25) is 0 Å². The highest BCUT2D eigenvalue weighted by Gasteiger charge is 2.19. The van der Waals surface area contributed by atoms with Gasteiger partial charge in [-0.15, -0.1) is 0 Å². The summed E-state index contributed by atoms with van der Waals surface area (Å²) in [5, 5.41) is 18.1. The molecule has 0 bridgehead atoms. The van der Waals surface area contributed by atoms with E-state index in [9.17, 15) is 14.7 Å². The van der Waals surface area contributed by atoms with Gasteiger partial charge in [0.25, 0.3) is 11.8 Å².